The van der Waals surface area contributed by atoms with Gasteiger partial charge in [-0.2, -0.15) is 0 Å². The first-order chi connectivity index (χ1) is 17.1. The van der Waals surface area contributed by atoms with E-state index in [2.05, 4.69) is 43.2 Å². The van der Waals surface area contributed by atoms with Gasteiger partial charge in [0.25, 0.3) is 5.91 Å². The molecule has 9 nitrogen and oxygen atoms in total. The zero-order valence-electron chi connectivity index (χ0n) is 19.9. The molecular formula is C25H31ClN8O. The standard InChI is InChI=1S/C25H31ClN8O/c1-2-3-11-27-16-4-6-18(7-5-16)31-23-14-20(30-17-8-9-17)24-29-15-21(34(24)33-23)25(35)32-19-10-12-28-22(26)13-19/h10,12-14,16-18,21,27,30H,4-9,11,15H2,1H3,(H,31,33)(H,28,32,35). The van der Waals surface area contributed by atoms with Crippen LogP contribution in [0.2, 0.25) is 5.15 Å². The number of fused-ring (bicyclic) bond motifs is 1. The Kier molecular flexibility index (Phi) is 7.21. The van der Waals surface area contributed by atoms with E-state index < -0.39 is 6.04 Å². The van der Waals surface area contributed by atoms with Gasteiger partial charge >= 0.3 is 0 Å². The minimum atomic E-state index is -0.494. The summed E-state index contributed by atoms with van der Waals surface area (Å²) in [5.74, 6) is 7.38. The number of rotatable bonds is 7. The van der Waals surface area contributed by atoms with Crippen LogP contribution in [0, 0.1) is 11.8 Å². The number of amides is 1. The molecule has 2 aliphatic carbocycles. The van der Waals surface area contributed by atoms with Crippen LogP contribution in [0.15, 0.2) is 40.1 Å². The normalized spacial score (nSPS) is 26.6. The first-order valence-corrected chi connectivity index (χ1v) is 12.7. The van der Waals surface area contributed by atoms with Gasteiger partial charge in [0.1, 0.15) is 11.0 Å². The Morgan fingerprint density at radius 2 is 2.06 bits per heavy atom. The Bertz CT molecular complexity index is 1110. The molecule has 2 aliphatic heterocycles. The van der Waals surface area contributed by atoms with Crippen molar-refractivity contribution < 1.29 is 4.79 Å². The number of nitrogens with zero attached hydrogens (tertiary/aromatic N) is 4. The molecule has 4 aliphatic rings. The Morgan fingerprint density at radius 3 is 2.80 bits per heavy atom. The van der Waals surface area contributed by atoms with Crippen molar-refractivity contribution in [2.75, 3.05) is 18.4 Å². The average molecular weight is 495 g/mol. The number of aromatic nitrogens is 1. The van der Waals surface area contributed by atoms with E-state index in [4.69, 9.17) is 16.6 Å². The maximum atomic E-state index is 13.1. The van der Waals surface area contributed by atoms with E-state index in [0.717, 1.165) is 62.4 Å². The van der Waals surface area contributed by atoms with Crippen molar-refractivity contribution in [3.05, 3.63) is 35.3 Å². The summed E-state index contributed by atoms with van der Waals surface area (Å²) in [5, 5.41) is 12.2. The number of carbonyl (C=O) groups excluding carboxylic acids is 1. The maximum Gasteiger partial charge on any atom is 0.251 e. The number of pyridine rings is 1. The van der Waals surface area contributed by atoms with Crippen LogP contribution in [0.1, 0.15) is 45.4 Å². The Balaban J connectivity index is 1.27. The summed E-state index contributed by atoms with van der Waals surface area (Å²) in [6.45, 7) is 2.97. The number of hydrazine groups is 1. The monoisotopic (exact) mass is 494 g/mol. The maximum absolute atomic E-state index is 13.1. The van der Waals surface area contributed by atoms with E-state index in [1.807, 2.05) is 18.0 Å². The van der Waals surface area contributed by atoms with E-state index in [1.54, 1.807) is 18.3 Å². The molecule has 0 saturated heterocycles. The van der Waals surface area contributed by atoms with Gasteiger partial charge in [-0.15, -0.1) is 5.92 Å². The predicted octanol–water partition coefficient (Wildman–Crippen LogP) is 2.23. The second-order valence-electron chi connectivity index (χ2n) is 9.32. The molecule has 10 heteroatoms. The van der Waals surface area contributed by atoms with E-state index in [0.29, 0.717) is 29.5 Å². The minimum Gasteiger partial charge on any atom is -0.379 e. The van der Waals surface area contributed by atoms with Crippen molar-refractivity contribution >= 4 is 34.9 Å². The van der Waals surface area contributed by atoms with Gasteiger partial charge < -0.3 is 16.0 Å². The molecule has 0 aromatic carbocycles. The molecule has 1 aromatic heterocycles. The lowest BCUT2D eigenvalue weighted by atomic mass is 9.91. The quantitative estimate of drug-likeness (QED) is 0.342. The van der Waals surface area contributed by atoms with Gasteiger partial charge in [-0.25, -0.2) is 4.98 Å². The van der Waals surface area contributed by atoms with Crippen LogP contribution in [-0.2, 0) is 4.79 Å². The lowest BCUT2D eigenvalue weighted by Gasteiger charge is -2.34. The van der Waals surface area contributed by atoms with Gasteiger partial charge in [0.15, 0.2) is 11.9 Å². The van der Waals surface area contributed by atoms with Crippen LogP contribution in [-0.4, -0.2) is 64.8 Å². The SMILES string of the molecule is CC#CCNC1CCC(N=C2C=C(NC3CC3)C3=NCC(C(=O)Nc4ccnc(Cl)c4)N3N2)CC1. The van der Waals surface area contributed by atoms with Crippen molar-refractivity contribution in [1.29, 1.82) is 0 Å². The molecule has 0 bridgehead atoms. The highest BCUT2D eigenvalue weighted by Crippen LogP contribution is 2.26. The molecule has 3 heterocycles. The molecule has 2 saturated carbocycles. The summed E-state index contributed by atoms with van der Waals surface area (Å²) < 4.78 is 0. The summed E-state index contributed by atoms with van der Waals surface area (Å²) in [7, 11) is 0. The van der Waals surface area contributed by atoms with Gasteiger partial charge in [-0.05, 0) is 57.6 Å². The number of anilines is 1. The molecule has 184 valence electrons. The fourth-order valence-corrected chi connectivity index (χ4v) is 4.77. The third-order valence-electron chi connectivity index (χ3n) is 6.62. The van der Waals surface area contributed by atoms with E-state index in [1.165, 1.54) is 0 Å². The molecule has 0 spiro atoms. The summed E-state index contributed by atoms with van der Waals surface area (Å²) in [6.07, 6.45) is 10.1. The fraction of sp³-hybridized carbons (Fsp3) is 0.520. The van der Waals surface area contributed by atoms with Crippen molar-refractivity contribution in [2.45, 2.75) is 69.6 Å². The number of halogens is 1. The molecule has 1 atom stereocenters. The van der Waals surface area contributed by atoms with Crippen LogP contribution >= 0.6 is 11.6 Å². The highest BCUT2D eigenvalue weighted by atomic mass is 35.5. The Hall–Kier alpha value is -3.09. The number of hydrogen-bond donors (Lipinski definition) is 4. The lowest BCUT2D eigenvalue weighted by molar-refractivity contribution is -0.119. The molecule has 4 N–H and O–H groups in total. The van der Waals surface area contributed by atoms with Gasteiger partial charge in [0, 0.05) is 30.0 Å². The van der Waals surface area contributed by atoms with Crippen LogP contribution in [0.5, 0.6) is 0 Å². The predicted molar refractivity (Wildman–Crippen MR) is 138 cm³/mol. The van der Waals surface area contributed by atoms with Crippen molar-refractivity contribution in [3.63, 3.8) is 0 Å². The van der Waals surface area contributed by atoms with Gasteiger partial charge in [-0.1, -0.05) is 17.5 Å². The number of carbonyl (C=O) groups is 1. The van der Waals surface area contributed by atoms with Crippen LogP contribution in [0.25, 0.3) is 0 Å². The largest absolute Gasteiger partial charge is 0.379 e. The second-order valence-corrected chi connectivity index (χ2v) is 9.71. The molecular weight excluding hydrogens is 464 g/mol. The number of nitrogens with one attached hydrogen (secondary N) is 4. The van der Waals surface area contributed by atoms with Crippen LogP contribution in [0.4, 0.5) is 5.69 Å². The highest BCUT2D eigenvalue weighted by Gasteiger charge is 2.39. The summed E-state index contributed by atoms with van der Waals surface area (Å²) in [6, 6.07) is 4.07. The van der Waals surface area contributed by atoms with Crippen molar-refractivity contribution in [1.82, 2.24) is 26.1 Å². The number of hydrogen-bond acceptors (Lipinski definition) is 7. The molecule has 0 radical (unpaired) electrons. The Labute approximate surface area is 210 Å². The third-order valence-corrected chi connectivity index (χ3v) is 6.83. The van der Waals surface area contributed by atoms with E-state index in [-0.39, 0.29) is 11.9 Å². The van der Waals surface area contributed by atoms with Crippen LogP contribution < -0.4 is 21.4 Å². The Morgan fingerprint density at radius 1 is 1.26 bits per heavy atom. The third kappa shape index (κ3) is 5.95. The van der Waals surface area contributed by atoms with E-state index in [9.17, 15) is 4.79 Å². The molecule has 1 aromatic rings. The number of amidine groups is 2. The average Bonchev–Trinajstić information content (AvgIpc) is 3.55. The molecule has 2 fully saturated rings. The van der Waals surface area contributed by atoms with Gasteiger partial charge in [0.05, 0.1) is 24.8 Å². The number of aliphatic imine (C=N–C) groups is 2. The van der Waals surface area contributed by atoms with Crippen molar-refractivity contribution in [2.24, 2.45) is 9.98 Å². The molecule has 1 amide bonds. The molecule has 35 heavy (non-hydrogen) atoms. The highest BCUT2D eigenvalue weighted by molar-refractivity contribution is 6.29. The fourth-order valence-electron chi connectivity index (χ4n) is 4.60. The minimum absolute atomic E-state index is 0.160. The summed E-state index contributed by atoms with van der Waals surface area (Å²) >= 11 is 5.98. The second kappa shape index (κ2) is 10.7. The van der Waals surface area contributed by atoms with Gasteiger partial charge in [0.2, 0.25) is 0 Å². The zero-order chi connectivity index (χ0) is 24.2. The zero-order valence-corrected chi connectivity index (χ0v) is 20.6. The molecule has 5 rings (SSSR count). The van der Waals surface area contributed by atoms with Crippen molar-refractivity contribution in [3.8, 4) is 11.8 Å². The van der Waals surface area contributed by atoms with Gasteiger partial charge in [-0.3, -0.25) is 25.2 Å². The first-order valence-electron chi connectivity index (χ1n) is 12.3. The smallest absolute Gasteiger partial charge is 0.251 e. The first kappa shape index (κ1) is 23.6. The summed E-state index contributed by atoms with van der Waals surface area (Å²) in [5.41, 5.74) is 4.91. The topological polar surface area (TPSA) is 106 Å². The lowest BCUT2D eigenvalue weighted by Crippen LogP contribution is -2.57. The molecule has 1 unspecified atom stereocenters. The van der Waals surface area contributed by atoms with Crippen LogP contribution in [0.3, 0.4) is 0 Å². The summed E-state index contributed by atoms with van der Waals surface area (Å²) in [4.78, 5) is 26.8. The van der Waals surface area contributed by atoms with E-state index >= 15 is 0 Å².